The van der Waals surface area contributed by atoms with Crippen LogP contribution in [-0.2, 0) is 4.79 Å². The van der Waals surface area contributed by atoms with Gasteiger partial charge < -0.3 is 20.1 Å². The van der Waals surface area contributed by atoms with Gasteiger partial charge in [-0.1, -0.05) is 18.5 Å². The fourth-order valence-electron chi connectivity index (χ4n) is 2.82. The highest BCUT2D eigenvalue weighted by Gasteiger charge is 2.32. The first-order valence-electron chi connectivity index (χ1n) is 8.10. The highest BCUT2D eigenvalue weighted by atomic mass is 35.5. The summed E-state index contributed by atoms with van der Waals surface area (Å²) in [4.78, 5) is 26.0. The first-order valence-corrected chi connectivity index (χ1v) is 8.48. The molecule has 1 heterocycles. The predicted octanol–water partition coefficient (Wildman–Crippen LogP) is 2.62. The molecule has 2 amide bonds. The Balaban J connectivity index is 2.31. The van der Waals surface area contributed by atoms with Crippen molar-refractivity contribution in [1.29, 1.82) is 0 Å². The zero-order valence-corrected chi connectivity index (χ0v) is 14.8. The molecular formula is C17H23ClN2O4. The van der Waals surface area contributed by atoms with Crippen molar-refractivity contribution in [1.82, 2.24) is 4.90 Å². The van der Waals surface area contributed by atoms with Crippen LogP contribution in [0.5, 0.6) is 11.5 Å². The predicted molar refractivity (Wildman–Crippen MR) is 91.7 cm³/mol. The molecule has 0 bridgehead atoms. The van der Waals surface area contributed by atoms with Gasteiger partial charge in [0.2, 0.25) is 5.91 Å². The number of nitrogens with two attached hydrogens (primary N) is 1. The number of benzene rings is 1. The van der Waals surface area contributed by atoms with Gasteiger partial charge in [-0.15, -0.1) is 0 Å². The zero-order valence-electron chi connectivity index (χ0n) is 14.0. The van der Waals surface area contributed by atoms with E-state index >= 15 is 0 Å². The molecule has 6 nitrogen and oxygen atoms in total. The zero-order chi connectivity index (χ0) is 17.7. The van der Waals surface area contributed by atoms with E-state index in [1.165, 1.54) is 12.0 Å². The van der Waals surface area contributed by atoms with Gasteiger partial charge in [0.1, 0.15) is 6.04 Å². The number of hydrogen-bond donors (Lipinski definition) is 1. The number of hydrogen-bond acceptors (Lipinski definition) is 4. The van der Waals surface area contributed by atoms with E-state index in [0.29, 0.717) is 41.7 Å². The molecule has 1 aromatic rings. The van der Waals surface area contributed by atoms with Crippen molar-refractivity contribution in [3.8, 4) is 11.5 Å². The molecule has 0 radical (unpaired) electrons. The van der Waals surface area contributed by atoms with Crippen LogP contribution in [0.3, 0.4) is 0 Å². The number of nitrogens with zero attached hydrogens (tertiary/aromatic N) is 1. The van der Waals surface area contributed by atoms with Gasteiger partial charge in [-0.2, -0.15) is 0 Å². The molecule has 132 valence electrons. The number of amides is 2. The summed E-state index contributed by atoms with van der Waals surface area (Å²) in [6.45, 7) is 2.98. The molecule has 2 rings (SSSR count). The van der Waals surface area contributed by atoms with E-state index in [2.05, 4.69) is 0 Å². The fraction of sp³-hybridized carbons (Fsp3) is 0.529. The van der Waals surface area contributed by atoms with E-state index in [9.17, 15) is 9.59 Å². The van der Waals surface area contributed by atoms with Crippen molar-refractivity contribution in [2.24, 2.45) is 5.73 Å². The van der Waals surface area contributed by atoms with Gasteiger partial charge in [0, 0.05) is 12.1 Å². The molecular weight excluding hydrogens is 332 g/mol. The summed E-state index contributed by atoms with van der Waals surface area (Å²) in [5.74, 6) is 0.0550. The Bertz CT molecular complexity index is 621. The van der Waals surface area contributed by atoms with Crippen LogP contribution in [0, 0.1) is 0 Å². The third-order valence-corrected chi connectivity index (χ3v) is 4.30. The van der Waals surface area contributed by atoms with Gasteiger partial charge in [-0.3, -0.25) is 9.59 Å². The summed E-state index contributed by atoms with van der Waals surface area (Å²) in [5.41, 5.74) is 5.79. The molecule has 0 aliphatic carbocycles. The van der Waals surface area contributed by atoms with Gasteiger partial charge >= 0.3 is 0 Å². The van der Waals surface area contributed by atoms with Crippen molar-refractivity contribution in [3.05, 3.63) is 22.7 Å². The molecule has 1 unspecified atom stereocenters. The second-order valence-electron chi connectivity index (χ2n) is 5.75. The molecule has 1 fully saturated rings. The second kappa shape index (κ2) is 8.24. The van der Waals surface area contributed by atoms with Crippen LogP contribution in [0.1, 0.15) is 43.0 Å². The van der Waals surface area contributed by atoms with Crippen molar-refractivity contribution < 1.29 is 19.1 Å². The highest BCUT2D eigenvalue weighted by molar-refractivity contribution is 6.32. The molecule has 2 N–H and O–H groups in total. The van der Waals surface area contributed by atoms with Crippen molar-refractivity contribution >= 4 is 23.4 Å². The fourth-order valence-corrected chi connectivity index (χ4v) is 3.09. The monoisotopic (exact) mass is 354 g/mol. The third kappa shape index (κ3) is 3.93. The lowest BCUT2D eigenvalue weighted by molar-refractivity contribution is -0.123. The smallest absolute Gasteiger partial charge is 0.254 e. The van der Waals surface area contributed by atoms with Gasteiger partial charge in [0.25, 0.3) is 5.91 Å². The molecule has 1 atom stereocenters. The molecule has 1 saturated heterocycles. The maximum atomic E-state index is 12.8. The Hall–Kier alpha value is -1.95. The van der Waals surface area contributed by atoms with Crippen molar-refractivity contribution in [2.75, 3.05) is 20.3 Å². The molecule has 7 heteroatoms. The van der Waals surface area contributed by atoms with E-state index in [1.807, 2.05) is 6.92 Å². The summed E-state index contributed by atoms with van der Waals surface area (Å²) >= 11 is 6.26. The second-order valence-corrected chi connectivity index (χ2v) is 6.16. The van der Waals surface area contributed by atoms with E-state index in [4.69, 9.17) is 26.8 Å². The lowest BCUT2D eigenvalue weighted by Crippen LogP contribution is -2.50. The Morgan fingerprint density at radius 3 is 2.75 bits per heavy atom. The number of rotatable bonds is 6. The number of carbonyl (C=O) groups excluding carboxylic acids is 2. The van der Waals surface area contributed by atoms with Crippen LogP contribution in [0.25, 0.3) is 0 Å². The quantitative estimate of drug-likeness (QED) is 0.851. The van der Waals surface area contributed by atoms with Crippen LogP contribution < -0.4 is 15.2 Å². The number of piperidine rings is 1. The first kappa shape index (κ1) is 18.4. The average molecular weight is 355 g/mol. The van der Waals surface area contributed by atoms with Crippen LogP contribution in [0.4, 0.5) is 0 Å². The van der Waals surface area contributed by atoms with Gasteiger partial charge in [-0.25, -0.2) is 0 Å². The van der Waals surface area contributed by atoms with Gasteiger partial charge in [-0.05, 0) is 37.8 Å². The van der Waals surface area contributed by atoms with E-state index in [-0.39, 0.29) is 5.91 Å². The molecule has 0 saturated carbocycles. The SMILES string of the molecule is CCCOc1c(Cl)cc(C(=O)N2CCCCC2C(N)=O)cc1OC. The number of methoxy groups -OCH3 is 1. The summed E-state index contributed by atoms with van der Waals surface area (Å²) in [7, 11) is 1.49. The van der Waals surface area contributed by atoms with Crippen LogP contribution >= 0.6 is 11.6 Å². The number of carbonyl (C=O) groups is 2. The normalized spacial score (nSPS) is 17.5. The number of halogens is 1. The molecule has 24 heavy (non-hydrogen) atoms. The van der Waals surface area contributed by atoms with Gasteiger partial charge in [0.15, 0.2) is 11.5 Å². The topological polar surface area (TPSA) is 81.9 Å². The Morgan fingerprint density at radius 2 is 2.12 bits per heavy atom. The molecule has 0 spiro atoms. The van der Waals surface area contributed by atoms with Crippen molar-refractivity contribution in [3.63, 3.8) is 0 Å². The largest absolute Gasteiger partial charge is 0.493 e. The lowest BCUT2D eigenvalue weighted by Gasteiger charge is -2.33. The van der Waals surface area contributed by atoms with Crippen LogP contribution in [0.2, 0.25) is 5.02 Å². The van der Waals surface area contributed by atoms with E-state index in [1.54, 1.807) is 12.1 Å². The van der Waals surface area contributed by atoms with Crippen LogP contribution in [0.15, 0.2) is 12.1 Å². The molecule has 1 aromatic carbocycles. The molecule has 1 aliphatic rings. The highest BCUT2D eigenvalue weighted by Crippen LogP contribution is 2.37. The standard InChI is InChI=1S/C17H23ClN2O4/c1-3-8-24-15-12(18)9-11(10-14(15)23-2)17(22)20-7-5-4-6-13(20)16(19)21/h9-10,13H,3-8H2,1-2H3,(H2,19,21). The Kier molecular flexibility index (Phi) is 6.31. The van der Waals surface area contributed by atoms with Gasteiger partial charge in [0.05, 0.1) is 18.7 Å². The first-order chi connectivity index (χ1) is 11.5. The molecule has 0 aromatic heterocycles. The Morgan fingerprint density at radius 1 is 1.38 bits per heavy atom. The minimum Gasteiger partial charge on any atom is -0.493 e. The summed E-state index contributed by atoms with van der Waals surface area (Å²) in [5, 5.41) is 0.304. The summed E-state index contributed by atoms with van der Waals surface area (Å²) < 4.78 is 10.9. The third-order valence-electron chi connectivity index (χ3n) is 4.02. The van der Waals surface area contributed by atoms with Crippen molar-refractivity contribution in [2.45, 2.75) is 38.6 Å². The summed E-state index contributed by atoms with van der Waals surface area (Å²) in [6, 6.07) is 2.56. The van der Waals surface area contributed by atoms with E-state index in [0.717, 1.165) is 19.3 Å². The summed E-state index contributed by atoms with van der Waals surface area (Å²) in [6.07, 6.45) is 3.14. The lowest BCUT2D eigenvalue weighted by atomic mass is 10.00. The number of primary amides is 1. The number of ether oxygens (including phenoxy) is 2. The van der Waals surface area contributed by atoms with Crippen LogP contribution in [-0.4, -0.2) is 43.0 Å². The average Bonchev–Trinajstić information content (AvgIpc) is 2.59. The van der Waals surface area contributed by atoms with E-state index < -0.39 is 11.9 Å². The minimum atomic E-state index is -0.577. The Labute approximate surface area is 146 Å². The maximum Gasteiger partial charge on any atom is 0.254 e. The number of likely N-dealkylation sites (tertiary alicyclic amines) is 1. The minimum absolute atomic E-state index is 0.277. The molecule has 1 aliphatic heterocycles. The maximum absolute atomic E-state index is 12.8.